The van der Waals surface area contributed by atoms with Gasteiger partial charge in [0.2, 0.25) is 0 Å². The van der Waals surface area contributed by atoms with Crippen molar-refractivity contribution in [2.24, 2.45) is 0 Å². The van der Waals surface area contributed by atoms with E-state index in [0.717, 1.165) is 25.7 Å². The topological polar surface area (TPSA) is 33.1 Å². The van der Waals surface area contributed by atoms with Crippen molar-refractivity contribution in [3.63, 3.8) is 0 Å². The fourth-order valence-corrected chi connectivity index (χ4v) is 2.33. The highest BCUT2D eigenvalue weighted by molar-refractivity contribution is 4.79. The number of hydrogen-bond acceptors (Lipinski definition) is 3. The van der Waals surface area contributed by atoms with E-state index in [1.807, 2.05) is 23.1 Å². The molecule has 0 spiro atoms. The smallest absolute Gasteiger partial charge is 0.0536 e. The molecule has 1 N–H and O–H groups in total. The third-order valence-electron chi connectivity index (χ3n) is 3.28. The predicted octanol–water partition coefficient (Wildman–Crippen LogP) is 0.957. The maximum absolute atomic E-state index is 4.22. The van der Waals surface area contributed by atoms with E-state index < -0.39 is 0 Å². The van der Waals surface area contributed by atoms with Crippen molar-refractivity contribution in [3.8, 4) is 0 Å². The highest BCUT2D eigenvalue weighted by Crippen LogP contribution is 2.09. The quantitative estimate of drug-likeness (QED) is 0.805. The average molecular weight is 222 g/mol. The maximum atomic E-state index is 4.22. The Morgan fingerprint density at radius 2 is 2.12 bits per heavy atom. The summed E-state index contributed by atoms with van der Waals surface area (Å²) < 4.78 is 2.01. The molecule has 1 aliphatic heterocycles. The summed E-state index contributed by atoms with van der Waals surface area (Å²) in [6.07, 6.45) is 6.45. The zero-order chi connectivity index (χ0) is 11.2. The second kappa shape index (κ2) is 6.01. The zero-order valence-electron chi connectivity index (χ0n) is 10.1. The lowest BCUT2D eigenvalue weighted by Gasteiger charge is -2.32. The van der Waals surface area contributed by atoms with E-state index in [0.29, 0.717) is 0 Å². The lowest BCUT2D eigenvalue weighted by Crippen LogP contribution is -2.43. The molecular weight excluding hydrogens is 200 g/mol. The van der Waals surface area contributed by atoms with Crippen molar-refractivity contribution in [2.75, 3.05) is 26.2 Å². The molecule has 1 aromatic heterocycles. The highest BCUT2D eigenvalue weighted by Gasteiger charge is 2.17. The van der Waals surface area contributed by atoms with Crippen LogP contribution >= 0.6 is 0 Å². The van der Waals surface area contributed by atoms with Crippen molar-refractivity contribution < 1.29 is 0 Å². The molecule has 1 fully saturated rings. The maximum Gasteiger partial charge on any atom is 0.0536 e. The SMILES string of the molecule is CCNC1CCN(CCn2cccn2)CC1. The number of likely N-dealkylation sites (tertiary alicyclic amines) is 1. The monoisotopic (exact) mass is 222 g/mol. The van der Waals surface area contributed by atoms with E-state index in [2.05, 4.69) is 22.2 Å². The highest BCUT2D eigenvalue weighted by atomic mass is 15.3. The molecule has 2 rings (SSSR count). The van der Waals surface area contributed by atoms with Crippen LogP contribution in [0.15, 0.2) is 18.5 Å². The van der Waals surface area contributed by atoms with Crippen LogP contribution in [-0.4, -0.2) is 46.9 Å². The number of piperidine rings is 1. The second-order valence-electron chi connectivity index (χ2n) is 4.44. The molecular formula is C12H22N4. The van der Waals surface area contributed by atoms with Crippen LogP contribution in [0.1, 0.15) is 19.8 Å². The number of hydrogen-bond donors (Lipinski definition) is 1. The molecule has 0 aliphatic carbocycles. The third-order valence-corrected chi connectivity index (χ3v) is 3.28. The van der Waals surface area contributed by atoms with Crippen LogP contribution in [0, 0.1) is 0 Å². The van der Waals surface area contributed by atoms with Gasteiger partial charge in [0.25, 0.3) is 0 Å². The summed E-state index contributed by atoms with van der Waals surface area (Å²) in [6, 6.07) is 2.73. The van der Waals surface area contributed by atoms with Crippen molar-refractivity contribution >= 4 is 0 Å². The normalized spacial score (nSPS) is 19.1. The van der Waals surface area contributed by atoms with Gasteiger partial charge in [0.1, 0.15) is 0 Å². The fraction of sp³-hybridized carbons (Fsp3) is 0.750. The van der Waals surface area contributed by atoms with Crippen molar-refractivity contribution in [1.29, 1.82) is 0 Å². The number of nitrogens with one attached hydrogen (secondary N) is 1. The average Bonchev–Trinajstić information content (AvgIpc) is 2.82. The molecule has 0 aromatic carbocycles. The summed E-state index contributed by atoms with van der Waals surface area (Å²) in [7, 11) is 0. The Morgan fingerprint density at radius 1 is 1.31 bits per heavy atom. The first-order valence-electron chi connectivity index (χ1n) is 6.31. The second-order valence-corrected chi connectivity index (χ2v) is 4.44. The van der Waals surface area contributed by atoms with Crippen LogP contribution < -0.4 is 5.32 Å². The number of rotatable bonds is 5. The van der Waals surface area contributed by atoms with Crippen molar-refractivity contribution in [1.82, 2.24) is 20.0 Å². The van der Waals surface area contributed by atoms with Crippen molar-refractivity contribution in [3.05, 3.63) is 18.5 Å². The minimum atomic E-state index is 0.742. The Hall–Kier alpha value is -0.870. The van der Waals surface area contributed by atoms with Crippen LogP contribution in [0.25, 0.3) is 0 Å². The predicted molar refractivity (Wildman–Crippen MR) is 65.4 cm³/mol. The molecule has 4 heteroatoms. The minimum absolute atomic E-state index is 0.742. The van der Waals surface area contributed by atoms with E-state index in [4.69, 9.17) is 0 Å². The first-order chi connectivity index (χ1) is 7.88. The molecule has 0 saturated carbocycles. The lowest BCUT2D eigenvalue weighted by molar-refractivity contribution is 0.190. The van der Waals surface area contributed by atoms with E-state index in [-0.39, 0.29) is 0 Å². The molecule has 0 atom stereocenters. The molecule has 0 bridgehead atoms. The summed E-state index contributed by atoms with van der Waals surface area (Å²) in [4.78, 5) is 2.54. The van der Waals surface area contributed by atoms with Gasteiger partial charge in [0.15, 0.2) is 0 Å². The minimum Gasteiger partial charge on any atom is -0.314 e. The lowest BCUT2D eigenvalue weighted by atomic mass is 10.1. The first-order valence-corrected chi connectivity index (χ1v) is 6.31. The summed E-state index contributed by atoms with van der Waals surface area (Å²) in [5.74, 6) is 0. The Balaban J connectivity index is 1.65. The van der Waals surface area contributed by atoms with Gasteiger partial charge in [-0.2, -0.15) is 5.10 Å². The van der Waals surface area contributed by atoms with E-state index >= 15 is 0 Å². The van der Waals surface area contributed by atoms with Crippen LogP contribution in [-0.2, 0) is 6.54 Å². The standard InChI is InChI=1S/C12H22N4/c1-2-13-12-4-8-15(9-5-12)10-11-16-7-3-6-14-16/h3,6-7,12-13H,2,4-5,8-11H2,1H3. The molecule has 4 nitrogen and oxygen atoms in total. The van der Waals surface area contributed by atoms with Gasteiger partial charge in [0.05, 0.1) is 6.54 Å². The summed E-state index contributed by atoms with van der Waals surface area (Å²) in [5.41, 5.74) is 0. The van der Waals surface area contributed by atoms with Crippen LogP contribution in [0.5, 0.6) is 0 Å². The molecule has 2 heterocycles. The first kappa shape index (κ1) is 11.6. The van der Waals surface area contributed by atoms with Gasteiger partial charge in [-0.3, -0.25) is 4.68 Å². The van der Waals surface area contributed by atoms with Gasteiger partial charge in [-0.15, -0.1) is 0 Å². The fourth-order valence-electron chi connectivity index (χ4n) is 2.33. The number of nitrogens with zero attached hydrogens (tertiary/aromatic N) is 3. The number of aromatic nitrogens is 2. The van der Waals surface area contributed by atoms with Gasteiger partial charge in [0, 0.05) is 25.0 Å². The largest absolute Gasteiger partial charge is 0.314 e. The van der Waals surface area contributed by atoms with Crippen molar-refractivity contribution in [2.45, 2.75) is 32.4 Å². The summed E-state index contributed by atoms with van der Waals surface area (Å²) in [5, 5.41) is 7.75. The van der Waals surface area contributed by atoms with Gasteiger partial charge in [-0.1, -0.05) is 6.92 Å². The summed E-state index contributed by atoms with van der Waals surface area (Å²) in [6.45, 7) is 7.86. The van der Waals surface area contributed by atoms with Gasteiger partial charge in [-0.05, 0) is 38.5 Å². The molecule has 1 saturated heterocycles. The Kier molecular flexibility index (Phi) is 4.36. The van der Waals surface area contributed by atoms with Crippen LogP contribution in [0.3, 0.4) is 0 Å². The van der Waals surface area contributed by atoms with Gasteiger partial charge >= 0.3 is 0 Å². The molecule has 90 valence electrons. The molecule has 16 heavy (non-hydrogen) atoms. The molecule has 1 aromatic rings. The molecule has 0 unspecified atom stereocenters. The van der Waals surface area contributed by atoms with Crippen LogP contribution in [0.4, 0.5) is 0 Å². The Bertz CT molecular complexity index is 275. The van der Waals surface area contributed by atoms with E-state index in [1.165, 1.54) is 25.9 Å². The molecule has 0 amide bonds. The molecule has 0 radical (unpaired) electrons. The Morgan fingerprint density at radius 3 is 2.75 bits per heavy atom. The van der Waals surface area contributed by atoms with E-state index in [9.17, 15) is 0 Å². The summed E-state index contributed by atoms with van der Waals surface area (Å²) >= 11 is 0. The Labute approximate surface area is 97.6 Å². The van der Waals surface area contributed by atoms with Gasteiger partial charge < -0.3 is 10.2 Å². The molecule has 1 aliphatic rings. The van der Waals surface area contributed by atoms with Crippen LogP contribution in [0.2, 0.25) is 0 Å². The third kappa shape index (κ3) is 3.32. The van der Waals surface area contributed by atoms with E-state index in [1.54, 1.807) is 0 Å². The van der Waals surface area contributed by atoms with Gasteiger partial charge in [-0.25, -0.2) is 0 Å². The zero-order valence-corrected chi connectivity index (χ0v) is 10.1.